The summed E-state index contributed by atoms with van der Waals surface area (Å²) in [6, 6.07) is 7.82. The van der Waals surface area contributed by atoms with Gasteiger partial charge in [-0.1, -0.05) is 19.1 Å². The molecule has 1 atom stereocenters. The summed E-state index contributed by atoms with van der Waals surface area (Å²) >= 11 is 0. The molecule has 0 saturated carbocycles. The Kier molecular flexibility index (Phi) is 4.83. The summed E-state index contributed by atoms with van der Waals surface area (Å²) in [5.41, 5.74) is 1.15. The number of hydrogen-bond acceptors (Lipinski definition) is 3. The topological polar surface area (TPSA) is 35.5 Å². The minimum atomic E-state index is -0.164. The van der Waals surface area contributed by atoms with Gasteiger partial charge in [0, 0.05) is 0 Å². The van der Waals surface area contributed by atoms with Gasteiger partial charge in [0.1, 0.15) is 5.75 Å². The first-order valence-corrected chi connectivity index (χ1v) is 5.42. The van der Waals surface area contributed by atoms with Gasteiger partial charge >= 0.3 is 5.97 Å². The molecule has 0 bridgehead atoms. The van der Waals surface area contributed by atoms with E-state index in [4.69, 9.17) is 4.74 Å². The lowest BCUT2D eigenvalue weighted by Gasteiger charge is -2.14. The van der Waals surface area contributed by atoms with Crippen LogP contribution in [0.15, 0.2) is 24.3 Å². The summed E-state index contributed by atoms with van der Waals surface area (Å²) in [4.78, 5) is 11.2. The molecule has 1 rings (SSSR count). The molecule has 0 saturated heterocycles. The highest BCUT2D eigenvalue weighted by molar-refractivity contribution is 5.70. The predicted octanol–water partition coefficient (Wildman–Crippen LogP) is 2.75. The maximum absolute atomic E-state index is 11.2. The van der Waals surface area contributed by atoms with Crippen molar-refractivity contribution >= 4 is 5.97 Å². The van der Waals surface area contributed by atoms with E-state index in [1.54, 1.807) is 7.11 Å². The Morgan fingerprint density at radius 3 is 2.31 bits per heavy atom. The number of benzene rings is 1. The van der Waals surface area contributed by atoms with Crippen LogP contribution in [0.4, 0.5) is 0 Å². The first kappa shape index (κ1) is 12.6. The fraction of sp³-hybridized carbons (Fsp3) is 0.462. The second-order valence-electron chi connectivity index (χ2n) is 3.66. The van der Waals surface area contributed by atoms with Crippen molar-refractivity contribution in [1.82, 2.24) is 0 Å². The maximum Gasteiger partial charge on any atom is 0.306 e. The minimum absolute atomic E-state index is 0.164. The first-order valence-electron chi connectivity index (χ1n) is 5.42. The highest BCUT2D eigenvalue weighted by Gasteiger charge is 2.14. The van der Waals surface area contributed by atoms with Crippen LogP contribution in [0.2, 0.25) is 0 Å². The van der Waals surface area contributed by atoms with E-state index in [0.717, 1.165) is 17.7 Å². The number of carbonyl (C=O) groups excluding carboxylic acids is 1. The van der Waals surface area contributed by atoms with Crippen LogP contribution in [0, 0.1) is 0 Å². The summed E-state index contributed by atoms with van der Waals surface area (Å²) in [6.07, 6.45) is 1.35. The molecule has 0 radical (unpaired) electrons. The average Bonchev–Trinajstić information content (AvgIpc) is 2.35. The zero-order valence-corrected chi connectivity index (χ0v) is 10.0. The zero-order chi connectivity index (χ0) is 12.0. The van der Waals surface area contributed by atoms with Crippen LogP contribution in [0.1, 0.15) is 31.2 Å². The van der Waals surface area contributed by atoms with Crippen LogP contribution in [-0.4, -0.2) is 20.2 Å². The van der Waals surface area contributed by atoms with Crippen molar-refractivity contribution in [2.75, 3.05) is 14.2 Å². The SMILES string of the molecule is CC[C@H](CC(=O)OC)c1ccc(OC)cc1. The van der Waals surface area contributed by atoms with Gasteiger partial charge in [0.2, 0.25) is 0 Å². The summed E-state index contributed by atoms with van der Waals surface area (Å²) in [6.45, 7) is 2.07. The highest BCUT2D eigenvalue weighted by Crippen LogP contribution is 2.25. The lowest BCUT2D eigenvalue weighted by molar-refractivity contribution is -0.141. The molecule has 0 aromatic heterocycles. The lowest BCUT2D eigenvalue weighted by Crippen LogP contribution is -2.07. The van der Waals surface area contributed by atoms with Gasteiger partial charge in [0.15, 0.2) is 0 Å². The van der Waals surface area contributed by atoms with E-state index in [9.17, 15) is 4.79 Å². The van der Waals surface area contributed by atoms with Gasteiger partial charge in [0.25, 0.3) is 0 Å². The summed E-state index contributed by atoms with van der Waals surface area (Å²) in [7, 11) is 3.06. The van der Waals surface area contributed by atoms with Crippen LogP contribution >= 0.6 is 0 Å². The van der Waals surface area contributed by atoms with Crippen LogP contribution in [0.25, 0.3) is 0 Å². The molecule has 0 spiro atoms. The summed E-state index contributed by atoms with van der Waals surface area (Å²) in [5, 5.41) is 0. The van der Waals surface area contributed by atoms with Crippen molar-refractivity contribution in [2.45, 2.75) is 25.7 Å². The van der Waals surface area contributed by atoms with Crippen molar-refractivity contribution in [1.29, 1.82) is 0 Å². The van der Waals surface area contributed by atoms with Crippen molar-refractivity contribution in [3.63, 3.8) is 0 Å². The van der Waals surface area contributed by atoms with Crippen molar-refractivity contribution in [2.24, 2.45) is 0 Å². The van der Waals surface area contributed by atoms with E-state index in [2.05, 4.69) is 11.7 Å². The highest BCUT2D eigenvalue weighted by atomic mass is 16.5. The van der Waals surface area contributed by atoms with Gasteiger partial charge in [0.05, 0.1) is 20.6 Å². The Morgan fingerprint density at radius 1 is 1.25 bits per heavy atom. The number of carbonyl (C=O) groups is 1. The van der Waals surface area contributed by atoms with Crippen LogP contribution in [0.5, 0.6) is 5.75 Å². The summed E-state index contributed by atoms with van der Waals surface area (Å²) in [5.74, 6) is 0.887. The second kappa shape index (κ2) is 6.16. The molecular weight excluding hydrogens is 204 g/mol. The molecule has 0 unspecified atom stereocenters. The van der Waals surface area contributed by atoms with Gasteiger partial charge in [-0.2, -0.15) is 0 Å². The van der Waals surface area contributed by atoms with E-state index in [0.29, 0.717) is 6.42 Å². The van der Waals surface area contributed by atoms with E-state index in [1.165, 1.54) is 7.11 Å². The molecule has 16 heavy (non-hydrogen) atoms. The van der Waals surface area contributed by atoms with Crippen molar-refractivity contribution in [3.8, 4) is 5.75 Å². The number of rotatable bonds is 5. The van der Waals surface area contributed by atoms with Gasteiger partial charge < -0.3 is 9.47 Å². The largest absolute Gasteiger partial charge is 0.497 e. The predicted molar refractivity (Wildman–Crippen MR) is 62.7 cm³/mol. The minimum Gasteiger partial charge on any atom is -0.497 e. The van der Waals surface area contributed by atoms with Gasteiger partial charge in [-0.05, 0) is 30.0 Å². The number of esters is 1. The monoisotopic (exact) mass is 222 g/mol. The molecule has 88 valence electrons. The molecule has 3 nitrogen and oxygen atoms in total. The standard InChI is InChI=1S/C13H18O3/c1-4-10(9-13(14)16-3)11-5-7-12(15-2)8-6-11/h5-8,10H,4,9H2,1-3H3/t10-/m1/s1. The fourth-order valence-electron chi connectivity index (χ4n) is 1.66. The van der Waals surface area contributed by atoms with Crippen LogP contribution in [-0.2, 0) is 9.53 Å². The van der Waals surface area contributed by atoms with E-state index < -0.39 is 0 Å². The molecule has 3 heteroatoms. The van der Waals surface area contributed by atoms with E-state index in [1.807, 2.05) is 24.3 Å². The van der Waals surface area contributed by atoms with Crippen molar-refractivity contribution < 1.29 is 14.3 Å². The quantitative estimate of drug-likeness (QED) is 0.719. The molecule has 0 amide bonds. The van der Waals surface area contributed by atoms with Gasteiger partial charge in [-0.3, -0.25) is 4.79 Å². The number of methoxy groups -OCH3 is 2. The molecule has 0 fully saturated rings. The molecular formula is C13H18O3. The summed E-state index contributed by atoms with van der Waals surface area (Å²) < 4.78 is 9.78. The zero-order valence-electron chi connectivity index (χ0n) is 10.0. The average molecular weight is 222 g/mol. The third kappa shape index (κ3) is 3.26. The van der Waals surface area contributed by atoms with Gasteiger partial charge in [-0.15, -0.1) is 0 Å². The number of ether oxygens (including phenoxy) is 2. The van der Waals surface area contributed by atoms with E-state index >= 15 is 0 Å². The third-order valence-electron chi connectivity index (χ3n) is 2.72. The first-order chi connectivity index (χ1) is 7.71. The fourth-order valence-corrected chi connectivity index (χ4v) is 1.66. The maximum atomic E-state index is 11.2. The Bertz CT molecular complexity index is 330. The normalized spacial score (nSPS) is 11.9. The second-order valence-corrected chi connectivity index (χ2v) is 3.66. The smallest absolute Gasteiger partial charge is 0.306 e. The Labute approximate surface area is 96.4 Å². The molecule has 0 N–H and O–H groups in total. The molecule has 0 aliphatic rings. The molecule has 1 aromatic rings. The molecule has 0 aliphatic carbocycles. The molecule has 0 heterocycles. The van der Waals surface area contributed by atoms with E-state index in [-0.39, 0.29) is 11.9 Å². The molecule has 1 aromatic carbocycles. The van der Waals surface area contributed by atoms with Crippen LogP contribution < -0.4 is 4.74 Å². The Hall–Kier alpha value is -1.51. The lowest BCUT2D eigenvalue weighted by atomic mass is 9.93. The third-order valence-corrected chi connectivity index (χ3v) is 2.72. The van der Waals surface area contributed by atoms with Crippen molar-refractivity contribution in [3.05, 3.63) is 29.8 Å². The van der Waals surface area contributed by atoms with Crippen LogP contribution in [0.3, 0.4) is 0 Å². The Balaban J connectivity index is 2.74. The molecule has 0 aliphatic heterocycles. The van der Waals surface area contributed by atoms with Gasteiger partial charge in [-0.25, -0.2) is 0 Å². The Morgan fingerprint density at radius 2 is 1.88 bits per heavy atom. The number of hydrogen-bond donors (Lipinski definition) is 0.